The summed E-state index contributed by atoms with van der Waals surface area (Å²) < 4.78 is 0. The molecule has 0 bridgehead atoms. The molecule has 0 saturated carbocycles. The number of nitrogens with two attached hydrogens (primary N) is 2. The minimum Gasteiger partial charge on any atom is -0.328 e. The first-order valence-electron chi connectivity index (χ1n) is 9.57. The van der Waals surface area contributed by atoms with Gasteiger partial charge in [0.1, 0.15) is 0 Å². The van der Waals surface area contributed by atoms with Crippen molar-refractivity contribution < 1.29 is 0 Å². The molecule has 0 fully saturated rings. The average Bonchev–Trinajstić information content (AvgIpc) is 2.65. The molecule has 0 aromatic heterocycles. The van der Waals surface area contributed by atoms with Gasteiger partial charge in [-0.2, -0.15) is 0 Å². The van der Waals surface area contributed by atoms with Crippen LogP contribution in [0, 0.1) is 0 Å². The van der Waals surface area contributed by atoms with Crippen molar-refractivity contribution in [1.29, 1.82) is 0 Å². The lowest BCUT2D eigenvalue weighted by molar-refractivity contribution is 0.738. The Kier molecular flexibility index (Phi) is 6.28. The van der Waals surface area contributed by atoms with E-state index in [1.807, 2.05) is 19.9 Å². The van der Waals surface area contributed by atoms with Crippen LogP contribution in [0.3, 0.4) is 0 Å². The molecule has 3 rings (SSSR count). The van der Waals surface area contributed by atoms with Gasteiger partial charge in [0.05, 0.1) is 0 Å². The third-order valence-corrected chi connectivity index (χ3v) is 4.52. The number of rotatable bonds is 7. The van der Waals surface area contributed by atoms with E-state index in [0.717, 1.165) is 29.9 Å². The summed E-state index contributed by atoms with van der Waals surface area (Å²) in [7, 11) is 0. The summed E-state index contributed by atoms with van der Waals surface area (Å²) in [6.45, 7) is 4.07. The molecule has 0 aliphatic heterocycles. The molecule has 0 heterocycles. The zero-order valence-corrected chi connectivity index (χ0v) is 16.2. The summed E-state index contributed by atoms with van der Waals surface area (Å²) in [5.74, 6) is 0. The molecule has 3 heteroatoms. The van der Waals surface area contributed by atoms with E-state index in [9.17, 15) is 0 Å². The third kappa shape index (κ3) is 5.19. The van der Waals surface area contributed by atoms with E-state index in [1.165, 1.54) is 11.1 Å². The Labute approximate surface area is 162 Å². The Bertz CT molecular complexity index is 768. The van der Waals surface area contributed by atoms with Crippen LogP contribution < -0.4 is 16.4 Å². The first-order chi connectivity index (χ1) is 13.0. The molecule has 3 aromatic rings. The highest BCUT2D eigenvalue weighted by Crippen LogP contribution is 2.34. The van der Waals surface area contributed by atoms with Crippen LogP contribution in [0.1, 0.15) is 25.0 Å². The lowest BCUT2D eigenvalue weighted by Gasteiger charge is -2.26. The third-order valence-electron chi connectivity index (χ3n) is 4.52. The molecule has 140 valence electrons. The summed E-state index contributed by atoms with van der Waals surface area (Å²) in [6, 6.07) is 28.1. The van der Waals surface area contributed by atoms with Crippen LogP contribution in [-0.4, -0.2) is 12.1 Å². The molecule has 0 spiro atoms. The van der Waals surface area contributed by atoms with Crippen LogP contribution in [0.5, 0.6) is 0 Å². The molecule has 3 nitrogen and oxygen atoms in total. The van der Waals surface area contributed by atoms with E-state index >= 15 is 0 Å². The molecule has 0 amide bonds. The fourth-order valence-corrected chi connectivity index (χ4v) is 3.33. The monoisotopic (exact) mass is 359 g/mol. The molecule has 3 aromatic carbocycles. The Morgan fingerprint density at radius 3 is 1.33 bits per heavy atom. The summed E-state index contributed by atoms with van der Waals surface area (Å²) in [5.41, 5.74) is 17.8. The Hall–Kier alpha value is -2.62. The molecule has 0 saturated heterocycles. The van der Waals surface area contributed by atoms with Gasteiger partial charge in [-0.3, -0.25) is 0 Å². The predicted molar refractivity (Wildman–Crippen MR) is 116 cm³/mol. The second-order valence-electron chi connectivity index (χ2n) is 7.37. The minimum atomic E-state index is 0.165. The Morgan fingerprint density at radius 1 is 0.593 bits per heavy atom. The number of hydrogen-bond donors (Lipinski definition) is 2. The van der Waals surface area contributed by atoms with Crippen LogP contribution in [-0.2, 0) is 12.8 Å². The van der Waals surface area contributed by atoms with Crippen molar-refractivity contribution in [2.45, 2.75) is 38.8 Å². The average molecular weight is 360 g/mol. The number of para-hydroxylation sites is 1. The Balaban J connectivity index is 1.94. The quantitative estimate of drug-likeness (QED) is 0.628. The molecule has 0 radical (unpaired) electrons. The van der Waals surface area contributed by atoms with Crippen molar-refractivity contribution in [3.8, 4) is 0 Å². The summed E-state index contributed by atoms with van der Waals surface area (Å²) in [4.78, 5) is 2.27. The smallest absolute Gasteiger partial charge is 0.0461 e. The molecule has 4 N–H and O–H groups in total. The molecule has 0 aliphatic rings. The van der Waals surface area contributed by atoms with E-state index in [0.29, 0.717) is 0 Å². The number of hydrogen-bond acceptors (Lipinski definition) is 3. The van der Waals surface area contributed by atoms with Crippen LogP contribution in [0.25, 0.3) is 0 Å². The molecule has 27 heavy (non-hydrogen) atoms. The maximum absolute atomic E-state index is 5.93. The number of anilines is 3. The fourth-order valence-electron chi connectivity index (χ4n) is 3.33. The van der Waals surface area contributed by atoms with Crippen LogP contribution in [0.2, 0.25) is 0 Å². The first-order valence-corrected chi connectivity index (χ1v) is 9.57. The molecule has 0 aliphatic carbocycles. The van der Waals surface area contributed by atoms with Crippen molar-refractivity contribution in [3.63, 3.8) is 0 Å². The van der Waals surface area contributed by atoms with Gasteiger partial charge in [-0.25, -0.2) is 0 Å². The molecule has 2 atom stereocenters. The van der Waals surface area contributed by atoms with E-state index in [-0.39, 0.29) is 12.1 Å². The molecule has 2 unspecified atom stereocenters. The minimum absolute atomic E-state index is 0.165. The van der Waals surface area contributed by atoms with Crippen molar-refractivity contribution >= 4 is 17.1 Å². The highest BCUT2D eigenvalue weighted by molar-refractivity contribution is 5.76. The van der Waals surface area contributed by atoms with Gasteiger partial charge < -0.3 is 16.4 Å². The van der Waals surface area contributed by atoms with Crippen LogP contribution in [0.15, 0.2) is 78.9 Å². The van der Waals surface area contributed by atoms with Gasteiger partial charge in [-0.05, 0) is 74.2 Å². The van der Waals surface area contributed by atoms with Crippen molar-refractivity contribution in [1.82, 2.24) is 0 Å². The van der Waals surface area contributed by atoms with Crippen molar-refractivity contribution in [2.75, 3.05) is 4.90 Å². The zero-order chi connectivity index (χ0) is 19.2. The number of benzene rings is 3. The SMILES string of the molecule is CC(N)Cc1ccc(N(c2ccccc2)c2ccc(CC(C)N)cc2)cc1. The van der Waals surface area contributed by atoms with Gasteiger partial charge >= 0.3 is 0 Å². The van der Waals surface area contributed by atoms with E-state index in [4.69, 9.17) is 11.5 Å². The van der Waals surface area contributed by atoms with Gasteiger partial charge in [0, 0.05) is 29.1 Å². The first kappa shape index (κ1) is 19.2. The molecular formula is C24H29N3. The lowest BCUT2D eigenvalue weighted by atomic mass is 10.1. The fraction of sp³-hybridized carbons (Fsp3) is 0.250. The largest absolute Gasteiger partial charge is 0.328 e. The number of nitrogens with zero attached hydrogens (tertiary/aromatic N) is 1. The Morgan fingerprint density at radius 2 is 0.963 bits per heavy atom. The van der Waals surface area contributed by atoms with Gasteiger partial charge in [0.2, 0.25) is 0 Å². The summed E-state index contributed by atoms with van der Waals surface area (Å²) >= 11 is 0. The second kappa shape index (κ2) is 8.85. The zero-order valence-electron chi connectivity index (χ0n) is 16.2. The second-order valence-corrected chi connectivity index (χ2v) is 7.37. The van der Waals surface area contributed by atoms with Crippen molar-refractivity contribution in [3.05, 3.63) is 90.0 Å². The van der Waals surface area contributed by atoms with Crippen molar-refractivity contribution in [2.24, 2.45) is 11.5 Å². The predicted octanol–water partition coefficient (Wildman–Crippen LogP) is 4.94. The standard InChI is InChI=1S/C24H29N3/c1-18(25)16-20-8-12-23(13-9-20)27(22-6-4-3-5-7-22)24-14-10-21(11-15-24)17-19(2)26/h3-15,18-19H,16-17,25-26H2,1-2H3. The van der Waals surface area contributed by atoms with Gasteiger partial charge in [0.25, 0.3) is 0 Å². The maximum Gasteiger partial charge on any atom is 0.0461 e. The lowest BCUT2D eigenvalue weighted by Crippen LogP contribution is -2.18. The summed E-state index contributed by atoms with van der Waals surface area (Å²) in [5, 5.41) is 0. The van der Waals surface area contributed by atoms with Gasteiger partial charge in [-0.15, -0.1) is 0 Å². The van der Waals surface area contributed by atoms with E-state index < -0.39 is 0 Å². The maximum atomic E-state index is 5.93. The van der Waals surface area contributed by atoms with Gasteiger partial charge in [-0.1, -0.05) is 42.5 Å². The highest BCUT2D eigenvalue weighted by atomic mass is 15.1. The normalized spacial score (nSPS) is 13.2. The topological polar surface area (TPSA) is 55.3 Å². The van der Waals surface area contributed by atoms with Crippen LogP contribution in [0.4, 0.5) is 17.1 Å². The highest BCUT2D eigenvalue weighted by Gasteiger charge is 2.12. The van der Waals surface area contributed by atoms with E-state index in [1.54, 1.807) is 0 Å². The van der Waals surface area contributed by atoms with E-state index in [2.05, 4.69) is 77.7 Å². The summed E-state index contributed by atoms with van der Waals surface area (Å²) in [6.07, 6.45) is 1.77. The molecular weight excluding hydrogens is 330 g/mol. The van der Waals surface area contributed by atoms with Gasteiger partial charge in [0.15, 0.2) is 0 Å². The van der Waals surface area contributed by atoms with Crippen LogP contribution >= 0.6 is 0 Å².